The van der Waals surface area contributed by atoms with Crippen LogP contribution in [0.1, 0.15) is 5.56 Å². The highest BCUT2D eigenvalue weighted by Gasteiger charge is 2.23. The Morgan fingerprint density at radius 1 is 0.550 bits per heavy atom. The molecule has 0 aliphatic heterocycles. The first-order chi connectivity index (χ1) is 19.6. The molecule has 0 aliphatic rings. The van der Waals surface area contributed by atoms with Crippen molar-refractivity contribution < 1.29 is 13.4 Å². The maximum Gasteiger partial charge on any atom is 0.216 e. The maximum absolute atomic E-state index is 15.6. The van der Waals surface area contributed by atoms with Crippen LogP contribution in [0.4, 0.5) is 4.39 Å². The second-order valence-corrected chi connectivity index (χ2v) is 10.3. The van der Waals surface area contributed by atoms with E-state index in [4.69, 9.17) is 4.42 Å². The van der Waals surface area contributed by atoms with Crippen LogP contribution in [-0.4, -0.2) is 0 Å². The average Bonchev–Trinajstić information content (AvgIpc) is 3.36. The zero-order valence-corrected chi connectivity index (χ0v) is 22.4. The van der Waals surface area contributed by atoms with E-state index < -0.39 is 0 Å². The molecule has 40 heavy (non-hydrogen) atoms. The Hall–Kier alpha value is -5.02. The van der Waals surface area contributed by atoms with Crippen LogP contribution in [0.25, 0.3) is 66.6 Å². The van der Waals surface area contributed by atoms with Gasteiger partial charge in [0, 0.05) is 22.9 Å². The predicted octanol–water partition coefficient (Wildman–Crippen LogP) is 9.53. The van der Waals surface area contributed by atoms with Crippen molar-refractivity contribution in [2.45, 2.75) is 6.92 Å². The molecule has 0 saturated heterocycles. The van der Waals surface area contributed by atoms with E-state index in [0.717, 1.165) is 55.4 Å². The molecule has 7 aromatic rings. The first-order valence-corrected chi connectivity index (χ1v) is 13.4. The number of aryl methyl sites for hydroxylation is 2. The van der Waals surface area contributed by atoms with E-state index in [-0.39, 0.29) is 5.82 Å². The zero-order valence-electron chi connectivity index (χ0n) is 22.4. The molecule has 0 atom stereocenters. The summed E-state index contributed by atoms with van der Waals surface area (Å²) in [5.41, 5.74) is 10.2. The Kier molecular flexibility index (Phi) is 5.78. The van der Waals surface area contributed by atoms with E-state index in [1.54, 1.807) is 6.07 Å². The molecule has 0 radical (unpaired) electrons. The second-order valence-electron chi connectivity index (χ2n) is 10.3. The zero-order chi connectivity index (χ0) is 27.2. The Morgan fingerprint density at radius 2 is 1.15 bits per heavy atom. The van der Waals surface area contributed by atoms with E-state index >= 15 is 4.39 Å². The fourth-order valence-electron chi connectivity index (χ4n) is 5.69. The van der Waals surface area contributed by atoms with Gasteiger partial charge < -0.3 is 4.42 Å². The lowest BCUT2D eigenvalue weighted by molar-refractivity contribution is -0.660. The molecule has 192 valence electrons. The van der Waals surface area contributed by atoms with E-state index in [9.17, 15) is 0 Å². The average molecular weight is 521 g/mol. The summed E-state index contributed by atoms with van der Waals surface area (Å²) in [6.07, 6.45) is 2.03. The van der Waals surface area contributed by atoms with Gasteiger partial charge in [0.15, 0.2) is 6.20 Å². The number of aromatic nitrogens is 1. The van der Waals surface area contributed by atoms with E-state index in [0.29, 0.717) is 11.1 Å². The largest absolute Gasteiger partial charge is 0.454 e. The lowest BCUT2D eigenvalue weighted by Gasteiger charge is -2.09. The molecule has 5 aromatic carbocycles. The molecule has 0 N–H and O–H groups in total. The van der Waals surface area contributed by atoms with Gasteiger partial charge in [0.2, 0.25) is 5.69 Å². The summed E-state index contributed by atoms with van der Waals surface area (Å²) < 4.78 is 24.3. The van der Waals surface area contributed by atoms with Crippen molar-refractivity contribution in [3.63, 3.8) is 0 Å². The van der Waals surface area contributed by atoms with Crippen LogP contribution in [-0.2, 0) is 7.05 Å². The Balaban J connectivity index is 1.38. The summed E-state index contributed by atoms with van der Waals surface area (Å²) in [5, 5.41) is 1.89. The highest BCUT2D eigenvalue weighted by Crippen LogP contribution is 2.42. The molecule has 7 rings (SSSR count). The summed E-state index contributed by atoms with van der Waals surface area (Å²) in [4.78, 5) is 0. The number of nitrogens with zero attached hydrogens (tertiary/aromatic N) is 1. The van der Waals surface area contributed by atoms with Crippen LogP contribution < -0.4 is 4.57 Å². The third-order valence-corrected chi connectivity index (χ3v) is 7.75. The number of rotatable bonds is 4. The molecule has 0 aliphatic carbocycles. The number of halogens is 1. The molecule has 0 spiro atoms. The molecule has 2 nitrogen and oxygen atoms in total. The van der Waals surface area contributed by atoms with Crippen molar-refractivity contribution in [2.24, 2.45) is 7.05 Å². The summed E-state index contributed by atoms with van der Waals surface area (Å²) in [6, 6.07) is 40.6. The maximum atomic E-state index is 15.6. The van der Waals surface area contributed by atoms with Gasteiger partial charge >= 0.3 is 0 Å². The van der Waals surface area contributed by atoms with Gasteiger partial charge in [-0.1, -0.05) is 84.9 Å². The number of benzene rings is 5. The summed E-state index contributed by atoms with van der Waals surface area (Å²) in [5.74, 6) is -0.299. The molecule has 0 unspecified atom stereocenters. The van der Waals surface area contributed by atoms with Crippen molar-refractivity contribution in [3.05, 3.63) is 139 Å². The van der Waals surface area contributed by atoms with Crippen LogP contribution in [0.5, 0.6) is 0 Å². The third kappa shape index (κ3) is 3.99. The van der Waals surface area contributed by atoms with Crippen molar-refractivity contribution >= 4 is 21.9 Å². The minimum atomic E-state index is -0.299. The summed E-state index contributed by atoms with van der Waals surface area (Å²) >= 11 is 0. The minimum Gasteiger partial charge on any atom is -0.454 e. The third-order valence-electron chi connectivity index (χ3n) is 7.75. The fraction of sp³-hybridized carbons (Fsp3) is 0.0541. The first kappa shape index (κ1) is 24.1. The highest BCUT2D eigenvalue weighted by atomic mass is 19.1. The van der Waals surface area contributed by atoms with Crippen LogP contribution in [0.15, 0.2) is 132 Å². The van der Waals surface area contributed by atoms with Gasteiger partial charge in [0.1, 0.15) is 24.0 Å². The molecular weight excluding hydrogens is 493 g/mol. The van der Waals surface area contributed by atoms with Crippen molar-refractivity contribution in [1.82, 2.24) is 0 Å². The quantitative estimate of drug-likeness (QED) is 0.211. The highest BCUT2D eigenvalue weighted by molar-refractivity contribution is 6.13. The van der Waals surface area contributed by atoms with Crippen LogP contribution in [0, 0.1) is 12.7 Å². The smallest absolute Gasteiger partial charge is 0.216 e. The molecule has 2 heterocycles. The van der Waals surface area contributed by atoms with Gasteiger partial charge in [-0.15, -0.1) is 0 Å². The second kappa shape index (κ2) is 9.62. The number of fused-ring (bicyclic) bond motifs is 3. The van der Waals surface area contributed by atoms with Crippen molar-refractivity contribution in [2.75, 3.05) is 0 Å². The molecule has 0 bridgehead atoms. The number of hydrogen-bond donors (Lipinski definition) is 0. The number of hydrogen-bond acceptors (Lipinski definition) is 1. The topological polar surface area (TPSA) is 17.0 Å². The molecule has 0 amide bonds. The van der Waals surface area contributed by atoms with Gasteiger partial charge in [-0.25, -0.2) is 8.96 Å². The normalized spacial score (nSPS) is 11.4. The predicted molar refractivity (Wildman–Crippen MR) is 161 cm³/mol. The number of furan rings is 1. The van der Waals surface area contributed by atoms with Gasteiger partial charge in [0.25, 0.3) is 0 Å². The Bertz CT molecular complexity index is 2020. The van der Waals surface area contributed by atoms with Gasteiger partial charge in [0.05, 0.1) is 11.1 Å². The molecule has 0 fully saturated rings. The lowest BCUT2D eigenvalue weighted by Crippen LogP contribution is -2.30. The van der Waals surface area contributed by atoms with Gasteiger partial charge in [-0.2, -0.15) is 0 Å². The molecular formula is C37H27FNO+. The van der Waals surface area contributed by atoms with Crippen LogP contribution >= 0.6 is 0 Å². The molecule has 2 aromatic heterocycles. The summed E-state index contributed by atoms with van der Waals surface area (Å²) in [6.45, 7) is 2.09. The van der Waals surface area contributed by atoms with Crippen LogP contribution in [0.2, 0.25) is 0 Å². The minimum absolute atomic E-state index is 0.299. The van der Waals surface area contributed by atoms with E-state index in [2.05, 4.69) is 72.2 Å². The standard InChI is InChI=1S/C37H27FNO/c1-24-14-19-30-31-20-21-32(38)35(37(31)40-36(30)34(24)33-13-6-7-22-39(33)2)29-12-8-11-28(23-29)27-17-15-26(16-18-27)25-9-4-3-5-10-25/h3-23H,1-2H3/q+1. The van der Waals surface area contributed by atoms with Gasteiger partial charge in [-0.3, -0.25) is 0 Å². The van der Waals surface area contributed by atoms with Gasteiger partial charge in [-0.05, 0) is 64.6 Å². The first-order valence-electron chi connectivity index (χ1n) is 13.4. The van der Waals surface area contributed by atoms with E-state index in [1.807, 2.05) is 67.8 Å². The Morgan fingerprint density at radius 3 is 1.90 bits per heavy atom. The fourth-order valence-corrected chi connectivity index (χ4v) is 5.69. The lowest BCUT2D eigenvalue weighted by atomic mass is 9.95. The molecule has 0 saturated carbocycles. The number of pyridine rings is 1. The van der Waals surface area contributed by atoms with E-state index in [1.165, 1.54) is 5.56 Å². The van der Waals surface area contributed by atoms with Crippen molar-refractivity contribution in [1.29, 1.82) is 0 Å². The van der Waals surface area contributed by atoms with Crippen molar-refractivity contribution in [3.8, 4) is 44.6 Å². The monoisotopic (exact) mass is 520 g/mol. The summed E-state index contributed by atoms with van der Waals surface area (Å²) in [7, 11) is 2.03. The molecule has 3 heteroatoms. The SMILES string of the molecule is Cc1ccc2c(oc3c(-c4cccc(-c5ccc(-c6ccccc6)cc5)c4)c(F)ccc32)c1-c1cccc[n+]1C. The van der Waals surface area contributed by atoms with Crippen LogP contribution in [0.3, 0.4) is 0 Å². The Labute approximate surface area is 232 Å².